The van der Waals surface area contributed by atoms with Crippen LogP contribution in [0.1, 0.15) is 103 Å². The van der Waals surface area contributed by atoms with Crippen LogP contribution in [-0.2, 0) is 9.30 Å². The molecule has 1 aromatic heterocycles. The Morgan fingerprint density at radius 1 is 1.03 bits per heavy atom. The molecule has 11 nitrogen and oxygen atoms in total. The number of fused-ring (bicyclic) bond motifs is 1. The molecule has 0 unspecified atom stereocenters. The smallest absolute Gasteiger partial charge is 0.356 e. The standard InChI is InChI=1S/C26H43N2O9P/c1-4-5-6-7-8-9-10-11-12-13-14-15-19(38(34,35)36)18-16-28(23(31)27-21(18)30)22-26(33)24(2,3)25(26,32)20(17-29)37-22/h15-16,20,22,29,32-33H,4-14,17H2,1-3H3,(H,27,30,31)(H2,34,35,36)/b19-15-/t20-,22-,25-,26+/m1/s1. The van der Waals surface area contributed by atoms with Crippen LogP contribution in [0, 0.1) is 5.41 Å². The molecule has 0 spiro atoms. The van der Waals surface area contributed by atoms with Crippen LogP contribution in [0.3, 0.4) is 0 Å². The molecule has 2 heterocycles. The van der Waals surface area contributed by atoms with Crippen LogP contribution in [0.25, 0.3) is 5.31 Å². The van der Waals surface area contributed by atoms with E-state index in [1.807, 2.05) is 4.98 Å². The van der Waals surface area contributed by atoms with E-state index in [1.54, 1.807) is 13.8 Å². The molecule has 216 valence electrons. The summed E-state index contributed by atoms with van der Waals surface area (Å²) in [6.07, 6.45) is 11.0. The van der Waals surface area contributed by atoms with Crippen molar-refractivity contribution in [3.8, 4) is 0 Å². The molecule has 2 aliphatic rings. The SMILES string of the molecule is CCCCCCCCCCCC/C=C(/c1cn([C@@H]2O[C@H](CO)[C@@]3(O)C(C)(C)[C@@]23O)c(=O)[nH]c1=O)P(=O)(O)O. The van der Waals surface area contributed by atoms with E-state index in [0.29, 0.717) is 12.8 Å². The zero-order valence-corrected chi connectivity index (χ0v) is 23.5. The number of aromatic nitrogens is 2. The van der Waals surface area contributed by atoms with Crippen LogP contribution in [0.5, 0.6) is 0 Å². The number of H-pyrrole nitrogens is 1. The maximum Gasteiger partial charge on any atom is 0.356 e. The molecule has 38 heavy (non-hydrogen) atoms. The minimum Gasteiger partial charge on any atom is -0.394 e. The summed E-state index contributed by atoms with van der Waals surface area (Å²) >= 11 is 0. The molecule has 12 heteroatoms. The van der Waals surface area contributed by atoms with Crippen LogP contribution in [0.15, 0.2) is 21.9 Å². The summed E-state index contributed by atoms with van der Waals surface area (Å²) in [4.78, 5) is 47.4. The summed E-state index contributed by atoms with van der Waals surface area (Å²) in [7, 11) is -4.92. The number of hydrogen-bond donors (Lipinski definition) is 6. The normalized spacial score (nSPS) is 28.5. The predicted molar refractivity (Wildman–Crippen MR) is 142 cm³/mol. The fourth-order valence-corrected chi connectivity index (χ4v) is 6.77. The summed E-state index contributed by atoms with van der Waals surface area (Å²) in [5.74, 6) is 0. The van der Waals surface area contributed by atoms with Crippen molar-refractivity contribution in [2.24, 2.45) is 5.41 Å². The number of unbranched alkanes of at least 4 members (excludes halogenated alkanes) is 10. The summed E-state index contributed by atoms with van der Waals surface area (Å²) in [5.41, 5.74) is -7.39. The zero-order chi connectivity index (χ0) is 28.4. The summed E-state index contributed by atoms with van der Waals surface area (Å²) < 4.78 is 18.7. The van der Waals surface area contributed by atoms with Gasteiger partial charge in [-0.05, 0) is 12.8 Å². The molecule has 0 aromatic carbocycles. The number of ether oxygens (including phenoxy) is 1. The third kappa shape index (κ3) is 5.39. The molecule has 1 saturated carbocycles. The van der Waals surface area contributed by atoms with Crippen molar-refractivity contribution >= 4 is 12.9 Å². The third-order valence-electron chi connectivity index (χ3n) is 8.41. The van der Waals surface area contributed by atoms with Gasteiger partial charge in [-0.15, -0.1) is 0 Å². The fraction of sp³-hybridized carbons (Fsp3) is 0.769. The van der Waals surface area contributed by atoms with E-state index in [4.69, 9.17) is 4.74 Å². The molecule has 6 N–H and O–H groups in total. The molecule has 2 fully saturated rings. The second kappa shape index (κ2) is 11.9. The average Bonchev–Trinajstić information content (AvgIpc) is 3.05. The van der Waals surface area contributed by atoms with Crippen LogP contribution in [0.4, 0.5) is 0 Å². The molecule has 3 rings (SSSR count). The van der Waals surface area contributed by atoms with Gasteiger partial charge in [0.15, 0.2) is 6.23 Å². The van der Waals surface area contributed by atoms with Gasteiger partial charge < -0.3 is 29.8 Å². The van der Waals surface area contributed by atoms with Gasteiger partial charge in [-0.2, -0.15) is 0 Å². The molecule has 4 atom stereocenters. The van der Waals surface area contributed by atoms with Gasteiger partial charge in [0.25, 0.3) is 5.56 Å². The topological polar surface area (TPSA) is 182 Å². The van der Waals surface area contributed by atoms with Crippen molar-refractivity contribution in [2.45, 2.75) is 115 Å². The predicted octanol–water partition coefficient (Wildman–Crippen LogP) is 2.76. The van der Waals surface area contributed by atoms with Crippen molar-refractivity contribution in [2.75, 3.05) is 6.61 Å². The number of rotatable bonds is 15. The lowest BCUT2D eigenvalue weighted by Gasteiger charge is -2.27. The Morgan fingerprint density at radius 3 is 2.08 bits per heavy atom. The second-order valence-electron chi connectivity index (χ2n) is 11.1. The number of aromatic amines is 1. The van der Waals surface area contributed by atoms with Gasteiger partial charge in [0.1, 0.15) is 17.3 Å². The van der Waals surface area contributed by atoms with Crippen molar-refractivity contribution < 1.29 is 34.4 Å². The molecule has 1 aromatic rings. The average molecular weight is 559 g/mol. The summed E-state index contributed by atoms with van der Waals surface area (Å²) in [6, 6.07) is 0. The highest BCUT2D eigenvalue weighted by Gasteiger charge is 2.92. The maximum absolute atomic E-state index is 12.7. The highest BCUT2D eigenvalue weighted by molar-refractivity contribution is 7.63. The fourth-order valence-electron chi connectivity index (χ4n) is 5.93. The van der Waals surface area contributed by atoms with Gasteiger partial charge in [0, 0.05) is 11.6 Å². The van der Waals surface area contributed by atoms with Crippen molar-refractivity contribution in [1.29, 1.82) is 0 Å². The van der Waals surface area contributed by atoms with E-state index in [0.717, 1.165) is 30.0 Å². The van der Waals surface area contributed by atoms with E-state index < -0.39 is 65.3 Å². The summed E-state index contributed by atoms with van der Waals surface area (Å²) in [6.45, 7) is 4.66. The summed E-state index contributed by atoms with van der Waals surface area (Å²) in [5, 5.41) is 31.4. The van der Waals surface area contributed by atoms with Gasteiger partial charge in [-0.25, -0.2) is 4.79 Å². The Bertz CT molecular complexity index is 1170. The lowest BCUT2D eigenvalue weighted by atomic mass is 10.0. The van der Waals surface area contributed by atoms with E-state index in [-0.39, 0.29) is 0 Å². The van der Waals surface area contributed by atoms with Crippen LogP contribution in [-0.4, -0.2) is 58.6 Å². The number of aliphatic hydroxyl groups is 3. The Kier molecular flexibility index (Phi) is 9.67. The molecule has 1 saturated heterocycles. The highest BCUT2D eigenvalue weighted by Crippen LogP contribution is 2.75. The van der Waals surface area contributed by atoms with Crippen LogP contribution >= 0.6 is 7.60 Å². The Hall–Kier alpha value is -1.59. The number of allylic oxidation sites excluding steroid dienone is 1. The minimum absolute atomic E-state index is 0.332. The first-order chi connectivity index (χ1) is 17.8. The lowest BCUT2D eigenvalue weighted by Crippen LogP contribution is -2.41. The largest absolute Gasteiger partial charge is 0.394 e. The molecule has 1 aliphatic carbocycles. The van der Waals surface area contributed by atoms with Gasteiger partial charge in [-0.3, -0.25) is 18.9 Å². The monoisotopic (exact) mass is 558 g/mol. The molecule has 1 aliphatic heterocycles. The first kappa shape index (κ1) is 30.9. The van der Waals surface area contributed by atoms with Crippen molar-refractivity contribution in [3.05, 3.63) is 38.7 Å². The van der Waals surface area contributed by atoms with Crippen molar-refractivity contribution in [3.63, 3.8) is 0 Å². The van der Waals surface area contributed by atoms with Gasteiger partial charge in [0.05, 0.1) is 17.5 Å². The Balaban J connectivity index is 1.74. The quantitative estimate of drug-likeness (QED) is 0.139. The molecular weight excluding hydrogens is 515 g/mol. The maximum atomic E-state index is 12.7. The second-order valence-corrected chi connectivity index (χ2v) is 12.7. The van der Waals surface area contributed by atoms with Gasteiger partial charge in [0.2, 0.25) is 0 Å². The van der Waals surface area contributed by atoms with Crippen molar-refractivity contribution in [1.82, 2.24) is 9.55 Å². The van der Waals surface area contributed by atoms with E-state index >= 15 is 0 Å². The minimum atomic E-state index is -4.92. The van der Waals surface area contributed by atoms with E-state index in [2.05, 4.69) is 6.92 Å². The van der Waals surface area contributed by atoms with Gasteiger partial charge in [-0.1, -0.05) is 84.6 Å². The number of nitrogens with one attached hydrogen (secondary N) is 1. The highest BCUT2D eigenvalue weighted by atomic mass is 31.2. The first-order valence-electron chi connectivity index (χ1n) is 13.6. The molecule has 0 radical (unpaired) electrons. The zero-order valence-electron chi connectivity index (χ0n) is 22.6. The van der Waals surface area contributed by atoms with Crippen LogP contribution < -0.4 is 11.2 Å². The third-order valence-corrected chi connectivity index (χ3v) is 9.46. The van der Waals surface area contributed by atoms with E-state index in [1.165, 1.54) is 44.6 Å². The Morgan fingerprint density at radius 2 is 1.58 bits per heavy atom. The number of aliphatic hydroxyl groups excluding tert-OH is 1. The molecule has 0 amide bonds. The van der Waals surface area contributed by atoms with E-state index in [9.17, 15) is 39.3 Å². The first-order valence-corrected chi connectivity index (χ1v) is 15.2. The Labute approximate surface area is 222 Å². The number of nitrogens with zero attached hydrogens (tertiary/aromatic N) is 1. The number of hydrogen-bond acceptors (Lipinski definition) is 7. The lowest BCUT2D eigenvalue weighted by molar-refractivity contribution is -0.126. The molecule has 0 bridgehead atoms. The van der Waals surface area contributed by atoms with Crippen LogP contribution in [0.2, 0.25) is 0 Å². The van der Waals surface area contributed by atoms with Gasteiger partial charge >= 0.3 is 13.3 Å². The molecular formula is C26H43N2O9P.